The molecule has 1 aromatic rings. The molecule has 1 amide bonds. The van der Waals surface area contributed by atoms with Gasteiger partial charge in [-0.25, -0.2) is 4.99 Å². The molecule has 1 aliphatic heterocycles. The molecule has 1 saturated heterocycles. The fourth-order valence-electron chi connectivity index (χ4n) is 3.76. The summed E-state index contributed by atoms with van der Waals surface area (Å²) in [7, 11) is 3.52. The molecule has 2 heterocycles. The van der Waals surface area contributed by atoms with Crippen LogP contribution in [0.1, 0.15) is 31.6 Å². The van der Waals surface area contributed by atoms with Crippen molar-refractivity contribution in [2.75, 3.05) is 60.0 Å². The van der Waals surface area contributed by atoms with Crippen molar-refractivity contribution in [3.05, 3.63) is 22.4 Å². The van der Waals surface area contributed by atoms with Gasteiger partial charge in [0.2, 0.25) is 5.91 Å². The van der Waals surface area contributed by atoms with E-state index in [9.17, 15) is 4.79 Å². The third-order valence-electron chi connectivity index (χ3n) is 5.70. The highest BCUT2D eigenvalue weighted by Crippen LogP contribution is 2.19. The lowest BCUT2D eigenvalue weighted by Crippen LogP contribution is -2.53. The molecule has 1 aliphatic rings. The number of hydrogen-bond acceptors (Lipinski definition) is 5. The van der Waals surface area contributed by atoms with Crippen molar-refractivity contribution < 1.29 is 9.53 Å². The minimum absolute atomic E-state index is 0.000853. The van der Waals surface area contributed by atoms with E-state index >= 15 is 0 Å². The second kappa shape index (κ2) is 13.6. The lowest BCUT2D eigenvalue weighted by Gasteiger charge is -2.39. The van der Waals surface area contributed by atoms with E-state index in [0.29, 0.717) is 17.9 Å². The van der Waals surface area contributed by atoms with Gasteiger partial charge in [0.1, 0.15) is 6.54 Å². The fourth-order valence-corrected chi connectivity index (χ4v) is 4.47. The second-order valence-corrected chi connectivity index (χ2v) is 8.91. The molecule has 1 atom stereocenters. The van der Waals surface area contributed by atoms with Gasteiger partial charge in [-0.1, -0.05) is 32.8 Å². The third-order valence-corrected chi connectivity index (χ3v) is 6.64. The Hall–Kier alpha value is -1.64. The van der Waals surface area contributed by atoms with Gasteiger partial charge in [-0.3, -0.25) is 9.69 Å². The normalized spacial score (nSPS) is 16.5. The zero-order valence-corrected chi connectivity index (χ0v) is 19.8. The van der Waals surface area contributed by atoms with Crippen LogP contribution in [-0.4, -0.2) is 87.7 Å². The van der Waals surface area contributed by atoms with Gasteiger partial charge in [0.25, 0.3) is 0 Å². The van der Waals surface area contributed by atoms with Crippen molar-refractivity contribution in [1.29, 1.82) is 0 Å². The number of thiophene rings is 1. The number of likely N-dealkylation sites (N-methyl/N-ethyl adjacent to an activating group) is 1. The molecule has 1 fully saturated rings. The van der Waals surface area contributed by atoms with E-state index in [-0.39, 0.29) is 12.5 Å². The number of nitrogens with zero attached hydrogens (tertiary/aromatic N) is 3. The van der Waals surface area contributed by atoms with Crippen LogP contribution in [0.2, 0.25) is 0 Å². The summed E-state index contributed by atoms with van der Waals surface area (Å²) in [6.45, 7) is 9.83. The molecule has 0 aliphatic carbocycles. The number of amides is 1. The molecule has 0 bridgehead atoms. The van der Waals surface area contributed by atoms with Gasteiger partial charge in [0, 0.05) is 51.2 Å². The van der Waals surface area contributed by atoms with Gasteiger partial charge in [0.15, 0.2) is 5.96 Å². The summed E-state index contributed by atoms with van der Waals surface area (Å²) in [5, 5.41) is 9.05. The maximum absolute atomic E-state index is 12.0. The molecule has 8 heteroatoms. The van der Waals surface area contributed by atoms with Gasteiger partial charge in [-0.15, -0.1) is 11.3 Å². The first-order valence-corrected chi connectivity index (χ1v) is 12.0. The maximum atomic E-state index is 12.0. The average Bonchev–Trinajstić information content (AvgIpc) is 3.28. The first-order chi connectivity index (χ1) is 14.5. The van der Waals surface area contributed by atoms with Crippen molar-refractivity contribution in [3.8, 4) is 0 Å². The third kappa shape index (κ3) is 8.24. The number of guanidine groups is 1. The van der Waals surface area contributed by atoms with Crippen LogP contribution in [-0.2, 0) is 16.0 Å². The molecule has 1 aromatic heterocycles. The molecular weight excluding hydrogens is 398 g/mol. The Morgan fingerprint density at radius 3 is 2.60 bits per heavy atom. The van der Waals surface area contributed by atoms with Crippen LogP contribution in [0, 0.1) is 5.92 Å². The number of morpholine rings is 1. The molecule has 0 spiro atoms. The number of hydrogen-bond donors (Lipinski definition) is 2. The summed E-state index contributed by atoms with van der Waals surface area (Å²) in [6, 6.07) is 4.65. The molecule has 0 aromatic carbocycles. The van der Waals surface area contributed by atoms with Crippen molar-refractivity contribution in [1.82, 2.24) is 20.4 Å². The van der Waals surface area contributed by atoms with Gasteiger partial charge >= 0.3 is 0 Å². The topological polar surface area (TPSA) is 69.2 Å². The molecule has 2 rings (SSSR count). The first-order valence-electron chi connectivity index (χ1n) is 11.1. The van der Waals surface area contributed by atoms with Crippen LogP contribution in [0.25, 0.3) is 0 Å². The van der Waals surface area contributed by atoms with E-state index < -0.39 is 0 Å². The molecular formula is C22H39N5O2S. The summed E-state index contributed by atoms with van der Waals surface area (Å²) in [6.07, 6.45) is 3.24. The van der Waals surface area contributed by atoms with E-state index in [4.69, 9.17) is 4.74 Å². The molecule has 1 unspecified atom stereocenters. The number of aliphatic imine (C=N–C) groups is 1. The minimum atomic E-state index is -0.000853. The fraction of sp³-hybridized carbons (Fsp3) is 0.727. The number of ether oxygens (including phenoxy) is 1. The number of carbonyl (C=O) groups is 1. The van der Waals surface area contributed by atoms with E-state index in [0.717, 1.165) is 58.7 Å². The van der Waals surface area contributed by atoms with Crippen molar-refractivity contribution in [3.63, 3.8) is 0 Å². The summed E-state index contributed by atoms with van der Waals surface area (Å²) in [5.41, 5.74) is 0. The SMILES string of the molecule is CCC(CC)C(CNC(=NCC(=O)N(C)C)NCCc1cccs1)N1CCOCC1. The van der Waals surface area contributed by atoms with E-state index in [1.807, 2.05) is 0 Å². The van der Waals surface area contributed by atoms with Crippen molar-refractivity contribution in [2.45, 2.75) is 39.2 Å². The van der Waals surface area contributed by atoms with Crippen LogP contribution in [0.5, 0.6) is 0 Å². The van der Waals surface area contributed by atoms with Crippen LogP contribution < -0.4 is 10.6 Å². The zero-order chi connectivity index (χ0) is 21.8. The van der Waals surface area contributed by atoms with Crippen molar-refractivity contribution in [2.24, 2.45) is 10.9 Å². The lowest BCUT2D eigenvalue weighted by molar-refractivity contribution is -0.127. The van der Waals surface area contributed by atoms with Gasteiger partial charge < -0.3 is 20.3 Å². The van der Waals surface area contributed by atoms with Crippen LogP contribution in [0.3, 0.4) is 0 Å². The number of nitrogens with one attached hydrogen (secondary N) is 2. The number of rotatable bonds is 11. The second-order valence-electron chi connectivity index (χ2n) is 7.88. The highest BCUT2D eigenvalue weighted by Gasteiger charge is 2.27. The molecule has 170 valence electrons. The maximum Gasteiger partial charge on any atom is 0.243 e. The highest BCUT2D eigenvalue weighted by molar-refractivity contribution is 7.09. The Bertz CT molecular complexity index is 625. The lowest BCUT2D eigenvalue weighted by atomic mass is 9.92. The highest BCUT2D eigenvalue weighted by atomic mass is 32.1. The molecule has 0 saturated carbocycles. The molecule has 2 N–H and O–H groups in total. The summed E-state index contributed by atoms with van der Waals surface area (Å²) < 4.78 is 5.56. The van der Waals surface area contributed by atoms with Crippen molar-refractivity contribution >= 4 is 23.2 Å². The first kappa shape index (κ1) is 24.6. The van der Waals surface area contributed by atoms with Crippen LogP contribution in [0.15, 0.2) is 22.5 Å². The monoisotopic (exact) mass is 437 g/mol. The summed E-state index contributed by atoms with van der Waals surface area (Å²) >= 11 is 1.76. The Kier molecular flexibility index (Phi) is 11.2. The van der Waals surface area contributed by atoms with Gasteiger partial charge in [-0.2, -0.15) is 0 Å². The van der Waals surface area contributed by atoms with Gasteiger partial charge in [-0.05, 0) is 23.8 Å². The Morgan fingerprint density at radius 2 is 2.00 bits per heavy atom. The molecule has 0 radical (unpaired) electrons. The Balaban J connectivity index is 2.00. The van der Waals surface area contributed by atoms with Gasteiger partial charge in [0.05, 0.1) is 13.2 Å². The largest absolute Gasteiger partial charge is 0.379 e. The van der Waals surface area contributed by atoms with Crippen LogP contribution >= 0.6 is 11.3 Å². The quantitative estimate of drug-likeness (QED) is 0.410. The summed E-state index contributed by atoms with van der Waals surface area (Å²) in [4.78, 5) is 22.1. The molecule has 7 nitrogen and oxygen atoms in total. The smallest absolute Gasteiger partial charge is 0.243 e. The Morgan fingerprint density at radius 1 is 1.27 bits per heavy atom. The predicted molar refractivity (Wildman–Crippen MR) is 125 cm³/mol. The predicted octanol–water partition coefficient (Wildman–Crippen LogP) is 2.05. The molecule has 30 heavy (non-hydrogen) atoms. The van der Waals surface area contributed by atoms with E-state index in [1.54, 1.807) is 30.3 Å². The zero-order valence-electron chi connectivity index (χ0n) is 19.0. The van der Waals surface area contributed by atoms with Crippen LogP contribution in [0.4, 0.5) is 0 Å². The average molecular weight is 438 g/mol. The number of carbonyl (C=O) groups excluding carboxylic acids is 1. The summed E-state index contributed by atoms with van der Waals surface area (Å²) in [5.74, 6) is 1.33. The standard InChI is InChI=1S/C22H39N5O2S/c1-5-18(6-2)20(27-11-13-29-14-12-27)16-24-22(25-17-21(28)26(3)4)23-10-9-19-8-7-15-30-19/h7-8,15,18,20H,5-6,9-14,16-17H2,1-4H3,(H2,23,24,25). The Labute approximate surface area is 185 Å². The van der Waals surface area contributed by atoms with E-state index in [1.165, 1.54) is 4.88 Å². The minimum Gasteiger partial charge on any atom is -0.379 e. The van der Waals surface area contributed by atoms with E-state index in [2.05, 4.69) is 51.9 Å².